The molecule has 0 amide bonds. The summed E-state index contributed by atoms with van der Waals surface area (Å²) in [6, 6.07) is 10.4. The number of aryl methyl sites for hydroxylation is 1. The second-order valence-corrected chi connectivity index (χ2v) is 7.81. The highest BCUT2D eigenvalue weighted by Crippen LogP contribution is 2.31. The van der Waals surface area contributed by atoms with Gasteiger partial charge in [-0.15, -0.1) is 0 Å². The first-order valence-electron chi connectivity index (χ1n) is 10.5. The molecule has 30 heavy (non-hydrogen) atoms. The number of hydrogen-bond donors (Lipinski definition) is 2. The maximum atomic E-state index is 6.23. The van der Waals surface area contributed by atoms with Crippen molar-refractivity contribution in [3.8, 4) is 22.6 Å². The summed E-state index contributed by atoms with van der Waals surface area (Å²) in [5.41, 5.74) is 11.9. The van der Waals surface area contributed by atoms with E-state index in [0.717, 1.165) is 71.7 Å². The first-order valence-corrected chi connectivity index (χ1v) is 10.5. The molecule has 4 aromatic heterocycles. The van der Waals surface area contributed by atoms with Crippen LogP contribution in [0.25, 0.3) is 33.5 Å². The molecule has 1 fully saturated rings. The van der Waals surface area contributed by atoms with Crippen molar-refractivity contribution < 1.29 is 0 Å². The van der Waals surface area contributed by atoms with E-state index >= 15 is 0 Å². The molecule has 7 nitrogen and oxygen atoms in total. The number of nitrogens with zero attached hydrogens (tertiary/aromatic N) is 5. The van der Waals surface area contributed by atoms with E-state index in [4.69, 9.17) is 10.7 Å². The van der Waals surface area contributed by atoms with Gasteiger partial charge in [-0.3, -0.25) is 15.1 Å². The Balaban J connectivity index is 1.59. The van der Waals surface area contributed by atoms with Crippen molar-refractivity contribution >= 4 is 16.7 Å². The number of nitrogens with two attached hydrogens (primary N) is 1. The van der Waals surface area contributed by atoms with Crippen molar-refractivity contribution in [3.05, 3.63) is 54.5 Å². The molecule has 0 radical (unpaired) electrons. The molecule has 4 aromatic rings. The van der Waals surface area contributed by atoms with Crippen molar-refractivity contribution in [1.82, 2.24) is 25.1 Å². The van der Waals surface area contributed by atoms with Crippen molar-refractivity contribution in [2.24, 2.45) is 5.73 Å². The van der Waals surface area contributed by atoms with Gasteiger partial charge in [0, 0.05) is 42.5 Å². The highest BCUT2D eigenvalue weighted by molar-refractivity contribution is 5.93. The van der Waals surface area contributed by atoms with E-state index in [0.29, 0.717) is 0 Å². The number of hydrogen-bond acceptors (Lipinski definition) is 6. The Bertz CT molecular complexity index is 1170. The molecule has 1 aliphatic rings. The Morgan fingerprint density at radius 1 is 1.20 bits per heavy atom. The SMILES string of the molecule is CCc1ccc(-c2n[nH]c3cnc(-c4cccnc4)cc23)nc1N1CCC[C@H](N)C1. The summed E-state index contributed by atoms with van der Waals surface area (Å²) in [5, 5.41) is 8.67. The molecule has 0 unspecified atom stereocenters. The van der Waals surface area contributed by atoms with Crippen molar-refractivity contribution in [3.63, 3.8) is 0 Å². The minimum absolute atomic E-state index is 0.202. The summed E-state index contributed by atoms with van der Waals surface area (Å²) < 4.78 is 0. The van der Waals surface area contributed by atoms with Crippen LogP contribution in [0.3, 0.4) is 0 Å². The topological polar surface area (TPSA) is 96.6 Å². The molecule has 1 aliphatic heterocycles. The largest absolute Gasteiger partial charge is 0.355 e. The molecule has 1 atom stereocenters. The summed E-state index contributed by atoms with van der Waals surface area (Å²) >= 11 is 0. The van der Waals surface area contributed by atoms with Crippen LogP contribution in [-0.4, -0.2) is 44.3 Å². The predicted molar refractivity (Wildman–Crippen MR) is 119 cm³/mol. The standard InChI is InChI=1S/C23H25N7/c1-2-15-7-8-19(27-23(15)30-10-4-6-17(24)14-30)22-18-11-20(16-5-3-9-25-12-16)26-13-21(18)28-29-22/h3,5,7-9,11-13,17H,2,4,6,10,14,24H2,1H3,(H,28,29)/t17-/m0/s1. The van der Waals surface area contributed by atoms with Crippen molar-refractivity contribution in [2.75, 3.05) is 18.0 Å². The number of H-pyrrole nitrogens is 1. The number of aromatic amines is 1. The Morgan fingerprint density at radius 3 is 2.93 bits per heavy atom. The summed E-state index contributed by atoms with van der Waals surface area (Å²) in [6.07, 6.45) is 8.51. The van der Waals surface area contributed by atoms with Crippen LogP contribution in [0.15, 0.2) is 48.9 Å². The zero-order valence-electron chi connectivity index (χ0n) is 17.0. The second kappa shape index (κ2) is 7.84. The lowest BCUT2D eigenvalue weighted by Crippen LogP contribution is -2.43. The normalized spacial score (nSPS) is 16.9. The number of pyridine rings is 3. The molecule has 0 saturated carbocycles. The van der Waals surface area contributed by atoms with Crippen LogP contribution in [-0.2, 0) is 6.42 Å². The fraction of sp³-hybridized carbons (Fsp3) is 0.304. The zero-order valence-corrected chi connectivity index (χ0v) is 17.0. The number of fused-ring (bicyclic) bond motifs is 1. The van der Waals surface area contributed by atoms with Gasteiger partial charge < -0.3 is 10.6 Å². The van der Waals surface area contributed by atoms with Crippen molar-refractivity contribution in [1.29, 1.82) is 0 Å². The van der Waals surface area contributed by atoms with Gasteiger partial charge in [-0.25, -0.2) is 4.98 Å². The van der Waals surface area contributed by atoms with E-state index in [1.807, 2.05) is 24.5 Å². The summed E-state index contributed by atoms with van der Waals surface area (Å²) in [4.78, 5) is 16.1. The molecule has 7 heteroatoms. The molecule has 0 spiro atoms. The summed E-state index contributed by atoms with van der Waals surface area (Å²) in [5.74, 6) is 1.03. The highest BCUT2D eigenvalue weighted by atomic mass is 15.2. The lowest BCUT2D eigenvalue weighted by Gasteiger charge is -2.33. The van der Waals surface area contributed by atoms with Gasteiger partial charge >= 0.3 is 0 Å². The average molecular weight is 400 g/mol. The quantitative estimate of drug-likeness (QED) is 0.545. The maximum Gasteiger partial charge on any atom is 0.132 e. The van der Waals surface area contributed by atoms with Crippen LogP contribution in [0.5, 0.6) is 0 Å². The second-order valence-electron chi connectivity index (χ2n) is 7.81. The van der Waals surface area contributed by atoms with Crippen LogP contribution in [0.2, 0.25) is 0 Å². The number of rotatable bonds is 4. The molecule has 5 heterocycles. The lowest BCUT2D eigenvalue weighted by molar-refractivity contribution is 0.502. The third-order valence-corrected chi connectivity index (χ3v) is 5.74. The minimum Gasteiger partial charge on any atom is -0.355 e. The summed E-state index contributed by atoms with van der Waals surface area (Å²) in [7, 11) is 0. The fourth-order valence-electron chi connectivity index (χ4n) is 4.15. The number of piperidine rings is 1. The van der Waals surface area contributed by atoms with E-state index in [-0.39, 0.29) is 6.04 Å². The lowest BCUT2D eigenvalue weighted by atomic mass is 10.0. The monoisotopic (exact) mass is 399 g/mol. The first kappa shape index (κ1) is 18.7. The Hall–Kier alpha value is -3.32. The van der Waals surface area contributed by atoms with Crippen LogP contribution in [0.1, 0.15) is 25.3 Å². The molecular weight excluding hydrogens is 374 g/mol. The Morgan fingerprint density at radius 2 is 2.13 bits per heavy atom. The van der Waals surface area contributed by atoms with E-state index in [9.17, 15) is 0 Å². The zero-order chi connectivity index (χ0) is 20.5. The predicted octanol–water partition coefficient (Wildman–Crippen LogP) is 3.57. The fourth-order valence-corrected chi connectivity index (χ4v) is 4.15. The van der Waals surface area contributed by atoms with Gasteiger partial charge in [-0.05, 0) is 49.1 Å². The van der Waals surface area contributed by atoms with Crippen molar-refractivity contribution in [2.45, 2.75) is 32.2 Å². The van der Waals surface area contributed by atoms with E-state index in [2.05, 4.69) is 50.2 Å². The molecule has 0 aromatic carbocycles. The molecule has 1 saturated heterocycles. The minimum atomic E-state index is 0.202. The van der Waals surface area contributed by atoms with E-state index < -0.39 is 0 Å². The third kappa shape index (κ3) is 3.41. The average Bonchev–Trinajstić information content (AvgIpc) is 3.22. The van der Waals surface area contributed by atoms with Gasteiger partial charge in [0.2, 0.25) is 0 Å². The maximum absolute atomic E-state index is 6.23. The number of anilines is 1. The number of aromatic nitrogens is 5. The van der Waals surface area contributed by atoms with E-state index in [1.165, 1.54) is 5.56 Å². The molecule has 0 bridgehead atoms. The van der Waals surface area contributed by atoms with Gasteiger partial charge in [-0.2, -0.15) is 5.10 Å². The summed E-state index contributed by atoms with van der Waals surface area (Å²) in [6.45, 7) is 4.01. The third-order valence-electron chi connectivity index (χ3n) is 5.74. The van der Waals surface area contributed by atoms with Gasteiger partial charge in [0.05, 0.1) is 23.1 Å². The van der Waals surface area contributed by atoms with Gasteiger partial charge in [-0.1, -0.05) is 13.0 Å². The van der Waals surface area contributed by atoms with Gasteiger partial charge in [0.25, 0.3) is 0 Å². The Labute approximate surface area is 175 Å². The highest BCUT2D eigenvalue weighted by Gasteiger charge is 2.21. The number of nitrogens with one attached hydrogen (secondary N) is 1. The van der Waals surface area contributed by atoms with Gasteiger partial charge in [0.15, 0.2) is 0 Å². The Kier molecular flexibility index (Phi) is 4.88. The molecule has 0 aliphatic carbocycles. The molecule has 5 rings (SSSR count). The van der Waals surface area contributed by atoms with E-state index in [1.54, 1.807) is 6.20 Å². The smallest absolute Gasteiger partial charge is 0.132 e. The molecule has 152 valence electrons. The first-order chi connectivity index (χ1) is 14.7. The van der Waals surface area contributed by atoms with Crippen LogP contribution >= 0.6 is 0 Å². The molecular formula is C23H25N7. The van der Waals surface area contributed by atoms with Gasteiger partial charge in [0.1, 0.15) is 11.5 Å². The van der Waals surface area contributed by atoms with Crippen LogP contribution in [0.4, 0.5) is 5.82 Å². The van der Waals surface area contributed by atoms with Crippen LogP contribution in [0, 0.1) is 0 Å². The van der Waals surface area contributed by atoms with Crippen LogP contribution < -0.4 is 10.6 Å². The molecule has 3 N–H and O–H groups in total.